The number of amides is 3. The third kappa shape index (κ3) is 3.76. The van der Waals surface area contributed by atoms with Gasteiger partial charge in [0.05, 0.1) is 23.2 Å². The molecule has 0 aromatic heterocycles. The number of hydrogen-bond donors (Lipinski definition) is 4. The Bertz CT molecular complexity index is 1320. The monoisotopic (exact) mass is 572 g/mol. The Hall–Kier alpha value is -2.93. The molecule has 3 aliphatic carbocycles. The summed E-state index contributed by atoms with van der Waals surface area (Å²) in [4.78, 5) is 52.6. The Labute approximate surface area is 237 Å². The van der Waals surface area contributed by atoms with Crippen LogP contribution in [0.25, 0.3) is 0 Å². The smallest absolute Gasteiger partial charge is 0.255 e. The topological polar surface area (TPSA) is 160 Å². The molecule has 1 spiro atoms. The second-order valence-corrected chi connectivity index (χ2v) is 12.4. The van der Waals surface area contributed by atoms with Gasteiger partial charge in [0.25, 0.3) is 5.91 Å². The molecule has 0 radical (unpaired) electrons. The van der Waals surface area contributed by atoms with E-state index in [9.17, 15) is 28.7 Å². The van der Waals surface area contributed by atoms with Crippen molar-refractivity contribution in [3.63, 3.8) is 0 Å². The number of nitrogens with zero attached hydrogens (tertiary/aromatic N) is 1. The Morgan fingerprint density at radius 3 is 2.56 bits per heavy atom. The van der Waals surface area contributed by atoms with Gasteiger partial charge in [0.2, 0.25) is 11.8 Å². The Balaban J connectivity index is 1.20. The molecule has 0 bridgehead atoms. The van der Waals surface area contributed by atoms with Crippen molar-refractivity contribution in [2.45, 2.75) is 75.7 Å². The van der Waals surface area contributed by atoms with Crippen molar-refractivity contribution < 1.29 is 38.1 Å². The number of rotatable bonds is 8. The molecule has 5 N–H and O–H groups in total. The highest BCUT2D eigenvalue weighted by molar-refractivity contribution is 6.02. The molecule has 2 heterocycles. The van der Waals surface area contributed by atoms with E-state index in [0.29, 0.717) is 26.0 Å². The summed E-state index contributed by atoms with van der Waals surface area (Å²) >= 11 is 0. The first-order valence-electron chi connectivity index (χ1n) is 14.3. The summed E-state index contributed by atoms with van der Waals surface area (Å²) < 4.78 is 26.5. The van der Waals surface area contributed by atoms with E-state index in [1.54, 1.807) is 0 Å². The average molecular weight is 573 g/mol. The normalized spacial score (nSPS) is 43.4. The first kappa shape index (κ1) is 28.2. The maximum Gasteiger partial charge on any atom is 0.255 e. The van der Waals surface area contributed by atoms with Gasteiger partial charge < -0.3 is 40.6 Å². The number of carbonyl (C=O) groups excluding carboxylic acids is 4. The molecule has 12 heteroatoms. The zero-order valence-corrected chi connectivity index (χ0v) is 23.6. The predicted octanol–water partition coefficient (Wildman–Crippen LogP) is 0.794. The van der Waals surface area contributed by atoms with Crippen molar-refractivity contribution >= 4 is 29.7 Å². The van der Waals surface area contributed by atoms with Crippen LogP contribution in [0.4, 0.5) is 10.1 Å². The number of carbonyl (C=O) groups is 4. The minimum Gasteiger partial charge on any atom is -0.375 e. The molecule has 1 aromatic rings. The molecule has 1 aromatic carbocycles. The number of nitrogens with two attached hydrogens (primary N) is 1. The van der Waals surface area contributed by atoms with Crippen LogP contribution in [0.15, 0.2) is 18.2 Å². The first-order valence-corrected chi connectivity index (χ1v) is 14.3. The quantitative estimate of drug-likeness (QED) is 0.333. The predicted molar refractivity (Wildman–Crippen MR) is 143 cm³/mol. The lowest BCUT2D eigenvalue weighted by atomic mass is 9.89. The van der Waals surface area contributed by atoms with Gasteiger partial charge >= 0.3 is 0 Å². The van der Waals surface area contributed by atoms with E-state index in [1.807, 2.05) is 20.8 Å². The second-order valence-electron chi connectivity index (χ2n) is 12.4. The Morgan fingerprint density at radius 1 is 1.27 bits per heavy atom. The van der Waals surface area contributed by atoms with Crippen LogP contribution in [0.1, 0.15) is 50.9 Å². The van der Waals surface area contributed by atoms with Gasteiger partial charge in [-0.05, 0) is 55.2 Å². The van der Waals surface area contributed by atoms with Crippen LogP contribution in [-0.4, -0.2) is 82.3 Å². The fourth-order valence-electron chi connectivity index (χ4n) is 8.21. The highest BCUT2D eigenvalue weighted by Gasteiger charge is 2.89. The van der Waals surface area contributed by atoms with E-state index in [0.717, 1.165) is 12.4 Å². The van der Waals surface area contributed by atoms with Crippen molar-refractivity contribution in [2.75, 3.05) is 18.5 Å². The van der Waals surface area contributed by atoms with Gasteiger partial charge in [-0.15, -0.1) is 0 Å². The van der Waals surface area contributed by atoms with E-state index in [-0.39, 0.29) is 58.8 Å². The van der Waals surface area contributed by atoms with Crippen molar-refractivity contribution in [3.05, 3.63) is 29.6 Å². The molecular formula is C29H37FN4O7. The van der Waals surface area contributed by atoms with Crippen molar-refractivity contribution in [1.29, 1.82) is 0 Å². The van der Waals surface area contributed by atoms with Gasteiger partial charge in [0, 0.05) is 38.1 Å². The summed E-state index contributed by atoms with van der Waals surface area (Å²) in [5, 5.41) is 16.0. The van der Waals surface area contributed by atoms with E-state index in [2.05, 4.69) is 10.6 Å². The third-order valence-electron chi connectivity index (χ3n) is 10.6. The van der Waals surface area contributed by atoms with E-state index < -0.39 is 40.7 Å². The van der Waals surface area contributed by atoms with Crippen LogP contribution in [0.2, 0.25) is 0 Å². The van der Waals surface area contributed by atoms with Crippen molar-refractivity contribution in [3.8, 4) is 0 Å². The molecule has 222 valence electrons. The van der Waals surface area contributed by atoms with E-state index in [4.69, 9.17) is 15.2 Å². The lowest BCUT2D eigenvalue weighted by Crippen LogP contribution is -2.55. The summed E-state index contributed by atoms with van der Waals surface area (Å²) in [6, 6.07) is 2.94. The summed E-state index contributed by atoms with van der Waals surface area (Å²) in [6.45, 7) is 7.63. The Kier molecular flexibility index (Phi) is 6.39. The summed E-state index contributed by atoms with van der Waals surface area (Å²) in [5.74, 6) is -3.70. The van der Waals surface area contributed by atoms with Gasteiger partial charge in [-0.2, -0.15) is 0 Å². The molecule has 11 nitrogen and oxygen atoms in total. The number of ether oxygens (including phenoxy) is 2. The minimum absolute atomic E-state index is 0.209. The second kappa shape index (κ2) is 9.29. The standard InChI is InChI=1S/C29H37FN4O7/c1-5-40-21-11-27(21)29(31)22(23(29)25(38)41-27)18-8-9-34(20(18)12-35)26(39)28(13(2)14(28)3)33-24(37)17-7-6-16(10-19(17)30)32-15(4)36/h6-7,10,12-14,18,20-23,25,38H,5,8-9,11,31H2,1-4H3,(H,32,36)(H,33,37)/t13?,14?,18?,20-,21?,22?,23?,25?,27+,28?,29?/m1/s1. The lowest BCUT2D eigenvalue weighted by Gasteiger charge is -2.31. The molecule has 2 saturated heterocycles. The molecule has 5 fully saturated rings. The van der Waals surface area contributed by atoms with Crippen LogP contribution in [0, 0.1) is 35.4 Å². The number of aliphatic hydroxyl groups is 1. The number of hydrogen-bond acceptors (Lipinski definition) is 8. The van der Waals surface area contributed by atoms with Gasteiger partial charge in [-0.25, -0.2) is 4.39 Å². The van der Waals surface area contributed by atoms with Gasteiger partial charge in [0.1, 0.15) is 23.2 Å². The van der Waals surface area contributed by atoms with Crippen LogP contribution in [-0.2, 0) is 23.9 Å². The summed E-state index contributed by atoms with van der Waals surface area (Å²) in [7, 11) is 0. The number of benzene rings is 1. The molecule has 2 aliphatic heterocycles. The van der Waals surface area contributed by atoms with Gasteiger partial charge in [-0.1, -0.05) is 13.8 Å². The molecule has 3 saturated carbocycles. The highest BCUT2D eigenvalue weighted by atomic mass is 19.1. The zero-order valence-electron chi connectivity index (χ0n) is 23.6. The Morgan fingerprint density at radius 2 is 1.98 bits per heavy atom. The summed E-state index contributed by atoms with van der Waals surface area (Å²) in [5.41, 5.74) is 3.92. The molecule has 6 rings (SSSR count). The number of likely N-dealkylation sites (tertiary alicyclic amines) is 1. The number of aliphatic hydroxyl groups excluding tert-OH is 1. The largest absolute Gasteiger partial charge is 0.375 e. The van der Waals surface area contributed by atoms with Crippen LogP contribution >= 0.6 is 0 Å². The van der Waals surface area contributed by atoms with E-state index >= 15 is 0 Å². The SMILES string of the molecule is CCOC1C[C@]12OC(O)C1C(C3CCN(C(=O)C4(NC(=O)c5ccc(NC(C)=O)cc5F)C(C)C4C)[C@@H]3C=O)C12N. The van der Waals surface area contributed by atoms with Crippen molar-refractivity contribution in [2.24, 2.45) is 35.3 Å². The maximum absolute atomic E-state index is 14.8. The minimum atomic E-state index is -1.30. The number of fused-ring (bicyclic) bond motifs is 2. The van der Waals surface area contributed by atoms with E-state index in [1.165, 1.54) is 24.0 Å². The molecule has 3 amide bonds. The van der Waals surface area contributed by atoms with Crippen LogP contribution < -0.4 is 16.4 Å². The molecule has 10 atom stereocenters. The fourth-order valence-corrected chi connectivity index (χ4v) is 8.21. The highest BCUT2D eigenvalue weighted by Crippen LogP contribution is 2.74. The number of anilines is 1. The molecule has 5 aliphatic rings. The summed E-state index contributed by atoms with van der Waals surface area (Å²) in [6.07, 6.45) is 0.579. The van der Waals surface area contributed by atoms with Crippen molar-refractivity contribution in [1.82, 2.24) is 10.2 Å². The van der Waals surface area contributed by atoms with Crippen LogP contribution in [0.5, 0.6) is 0 Å². The van der Waals surface area contributed by atoms with Gasteiger partial charge in [0.15, 0.2) is 6.29 Å². The maximum atomic E-state index is 14.8. The number of aldehydes is 1. The third-order valence-corrected chi connectivity index (χ3v) is 10.6. The average Bonchev–Trinajstić information content (AvgIpc) is 3.79. The first-order chi connectivity index (χ1) is 19.4. The number of nitrogens with one attached hydrogen (secondary N) is 2. The fraction of sp³-hybridized carbons (Fsp3) is 0.655. The van der Waals surface area contributed by atoms with Crippen LogP contribution in [0.3, 0.4) is 0 Å². The molecular weight excluding hydrogens is 535 g/mol. The number of halogens is 1. The zero-order chi connectivity index (χ0) is 29.6. The van der Waals surface area contributed by atoms with Gasteiger partial charge in [-0.3, -0.25) is 14.4 Å². The lowest BCUT2D eigenvalue weighted by molar-refractivity contribution is -0.152. The molecule has 8 unspecified atom stereocenters. The molecule has 41 heavy (non-hydrogen) atoms.